The first-order valence-electron chi connectivity index (χ1n) is 7.08. The minimum atomic E-state index is 0.0597. The van der Waals surface area contributed by atoms with E-state index in [4.69, 9.17) is 4.74 Å². The first-order valence-corrected chi connectivity index (χ1v) is 7.08. The zero-order valence-electron chi connectivity index (χ0n) is 12.7. The number of aryl methyl sites for hydroxylation is 2. The van der Waals surface area contributed by atoms with E-state index in [0.29, 0.717) is 0 Å². The third-order valence-corrected chi connectivity index (χ3v) is 3.74. The largest absolute Gasteiger partial charge is 0.489 e. The SMILES string of the molecule is CNC(c1ccccc1)C(C)Oc1ccc(C)c(C)c1. The average Bonchev–Trinajstić information content (AvgIpc) is 2.45. The van der Waals surface area contributed by atoms with Crippen LogP contribution < -0.4 is 10.1 Å². The van der Waals surface area contributed by atoms with Crippen molar-refractivity contribution in [2.75, 3.05) is 7.05 Å². The Morgan fingerprint density at radius 1 is 0.950 bits per heavy atom. The first-order chi connectivity index (χ1) is 9.61. The molecule has 0 amide bonds. The van der Waals surface area contributed by atoms with Gasteiger partial charge in [-0.15, -0.1) is 0 Å². The summed E-state index contributed by atoms with van der Waals surface area (Å²) in [6, 6.07) is 16.8. The van der Waals surface area contributed by atoms with Crippen LogP contribution in [0, 0.1) is 13.8 Å². The van der Waals surface area contributed by atoms with Gasteiger partial charge >= 0.3 is 0 Å². The molecule has 0 radical (unpaired) electrons. The van der Waals surface area contributed by atoms with Gasteiger partial charge in [-0.3, -0.25) is 0 Å². The molecule has 0 aliphatic rings. The highest BCUT2D eigenvalue weighted by molar-refractivity contribution is 5.34. The highest BCUT2D eigenvalue weighted by atomic mass is 16.5. The summed E-state index contributed by atoms with van der Waals surface area (Å²) >= 11 is 0. The molecule has 0 aromatic heterocycles. The molecule has 0 spiro atoms. The van der Waals surface area contributed by atoms with Crippen LogP contribution in [0.25, 0.3) is 0 Å². The lowest BCUT2D eigenvalue weighted by atomic mass is 10.0. The van der Waals surface area contributed by atoms with E-state index in [-0.39, 0.29) is 12.1 Å². The molecule has 2 nitrogen and oxygen atoms in total. The van der Waals surface area contributed by atoms with Crippen molar-refractivity contribution >= 4 is 0 Å². The maximum atomic E-state index is 6.10. The lowest BCUT2D eigenvalue weighted by Gasteiger charge is -2.25. The molecule has 0 bridgehead atoms. The van der Waals surface area contributed by atoms with Crippen molar-refractivity contribution in [1.82, 2.24) is 5.32 Å². The summed E-state index contributed by atoms with van der Waals surface area (Å²) in [6.45, 7) is 6.33. The minimum absolute atomic E-state index is 0.0597. The Morgan fingerprint density at radius 2 is 1.65 bits per heavy atom. The molecule has 0 saturated heterocycles. The molecule has 2 atom stereocenters. The van der Waals surface area contributed by atoms with Crippen molar-refractivity contribution in [2.24, 2.45) is 0 Å². The summed E-state index contributed by atoms with van der Waals surface area (Å²) in [7, 11) is 1.97. The molecular formula is C18H23NO. The Labute approximate surface area is 121 Å². The third kappa shape index (κ3) is 3.40. The van der Waals surface area contributed by atoms with Crippen molar-refractivity contribution in [3.05, 3.63) is 65.2 Å². The van der Waals surface area contributed by atoms with Gasteiger partial charge in [0.1, 0.15) is 11.9 Å². The summed E-state index contributed by atoms with van der Waals surface area (Å²) in [5, 5.41) is 3.34. The highest BCUT2D eigenvalue weighted by Crippen LogP contribution is 2.23. The third-order valence-electron chi connectivity index (χ3n) is 3.74. The zero-order valence-corrected chi connectivity index (χ0v) is 12.7. The molecule has 2 heteroatoms. The number of benzene rings is 2. The molecule has 2 aromatic carbocycles. The monoisotopic (exact) mass is 269 g/mol. The molecule has 0 saturated carbocycles. The molecular weight excluding hydrogens is 246 g/mol. The molecule has 2 unspecified atom stereocenters. The van der Waals surface area contributed by atoms with Gasteiger partial charge in [0.2, 0.25) is 0 Å². The molecule has 1 N–H and O–H groups in total. The molecule has 0 heterocycles. The molecule has 0 fully saturated rings. The van der Waals surface area contributed by atoms with Gasteiger partial charge in [-0.05, 0) is 56.6 Å². The number of hydrogen-bond acceptors (Lipinski definition) is 2. The van der Waals surface area contributed by atoms with Crippen molar-refractivity contribution in [3.8, 4) is 5.75 Å². The van der Waals surface area contributed by atoms with Crippen molar-refractivity contribution in [3.63, 3.8) is 0 Å². The van der Waals surface area contributed by atoms with E-state index in [9.17, 15) is 0 Å². The van der Waals surface area contributed by atoms with Crippen LogP contribution in [0.2, 0.25) is 0 Å². The second kappa shape index (κ2) is 6.58. The number of rotatable bonds is 5. The van der Waals surface area contributed by atoms with Gasteiger partial charge < -0.3 is 10.1 Å². The highest BCUT2D eigenvalue weighted by Gasteiger charge is 2.18. The lowest BCUT2D eigenvalue weighted by molar-refractivity contribution is 0.175. The van der Waals surface area contributed by atoms with Gasteiger partial charge in [0, 0.05) is 0 Å². The van der Waals surface area contributed by atoms with Crippen LogP contribution in [0.3, 0.4) is 0 Å². The maximum absolute atomic E-state index is 6.10. The van der Waals surface area contributed by atoms with Crippen LogP contribution >= 0.6 is 0 Å². The summed E-state index contributed by atoms with van der Waals surface area (Å²) in [5.41, 5.74) is 3.79. The van der Waals surface area contributed by atoms with E-state index in [1.165, 1.54) is 16.7 Å². The minimum Gasteiger partial charge on any atom is -0.489 e. The summed E-state index contributed by atoms with van der Waals surface area (Å²) < 4.78 is 6.10. The Balaban J connectivity index is 2.13. The van der Waals surface area contributed by atoms with Crippen LogP contribution in [0.5, 0.6) is 5.75 Å². The number of ether oxygens (including phenoxy) is 1. The number of nitrogens with one attached hydrogen (secondary N) is 1. The summed E-state index contributed by atoms with van der Waals surface area (Å²) in [5.74, 6) is 0.928. The van der Waals surface area contributed by atoms with Crippen molar-refractivity contribution in [1.29, 1.82) is 0 Å². The molecule has 106 valence electrons. The quantitative estimate of drug-likeness (QED) is 0.884. The predicted molar refractivity (Wildman–Crippen MR) is 84.2 cm³/mol. The topological polar surface area (TPSA) is 21.3 Å². The van der Waals surface area contributed by atoms with E-state index in [2.05, 4.69) is 62.5 Å². The standard InChI is InChI=1S/C18H23NO/c1-13-10-11-17(12-14(13)2)20-15(3)18(19-4)16-8-6-5-7-9-16/h5-12,15,18-19H,1-4H3. The Morgan fingerprint density at radius 3 is 2.25 bits per heavy atom. The van der Waals surface area contributed by atoms with E-state index in [0.717, 1.165) is 5.75 Å². The Kier molecular flexibility index (Phi) is 4.80. The molecule has 20 heavy (non-hydrogen) atoms. The smallest absolute Gasteiger partial charge is 0.120 e. The first kappa shape index (κ1) is 14.6. The van der Waals surface area contributed by atoms with Crippen LogP contribution in [0.1, 0.15) is 29.7 Å². The van der Waals surface area contributed by atoms with Gasteiger partial charge in [-0.1, -0.05) is 36.4 Å². The molecule has 0 aliphatic carbocycles. The summed E-state index contributed by atoms with van der Waals surface area (Å²) in [6.07, 6.45) is 0.0597. The van der Waals surface area contributed by atoms with Crippen molar-refractivity contribution in [2.45, 2.75) is 32.9 Å². The molecule has 2 rings (SSSR count). The van der Waals surface area contributed by atoms with Crippen molar-refractivity contribution < 1.29 is 4.74 Å². The van der Waals surface area contributed by atoms with Gasteiger partial charge in [0.05, 0.1) is 6.04 Å². The van der Waals surface area contributed by atoms with Gasteiger partial charge in [0.15, 0.2) is 0 Å². The zero-order chi connectivity index (χ0) is 14.5. The van der Waals surface area contributed by atoms with Crippen LogP contribution in [-0.2, 0) is 0 Å². The van der Waals surface area contributed by atoms with Crippen LogP contribution in [-0.4, -0.2) is 13.2 Å². The fraction of sp³-hybridized carbons (Fsp3) is 0.333. The van der Waals surface area contributed by atoms with E-state index in [1.807, 2.05) is 19.2 Å². The molecule has 0 aliphatic heterocycles. The average molecular weight is 269 g/mol. The van der Waals surface area contributed by atoms with E-state index < -0.39 is 0 Å². The maximum Gasteiger partial charge on any atom is 0.120 e. The Hall–Kier alpha value is -1.80. The fourth-order valence-corrected chi connectivity index (χ4v) is 2.40. The number of likely N-dealkylation sites (N-methyl/N-ethyl adjacent to an activating group) is 1. The van der Waals surface area contributed by atoms with Gasteiger partial charge in [0.25, 0.3) is 0 Å². The summed E-state index contributed by atoms with van der Waals surface area (Å²) in [4.78, 5) is 0. The number of hydrogen-bond donors (Lipinski definition) is 1. The van der Waals surface area contributed by atoms with Crippen LogP contribution in [0.15, 0.2) is 48.5 Å². The van der Waals surface area contributed by atoms with Gasteiger partial charge in [-0.25, -0.2) is 0 Å². The van der Waals surface area contributed by atoms with E-state index >= 15 is 0 Å². The second-order valence-corrected chi connectivity index (χ2v) is 5.25. The van der Waals surface area contributed by atoms with Crippen LogP contribution in [0.4, 0.5) is 0 Å². The lowest BCUT2D eigenvalue weighted by Crippen LogP contribution is -2.31. The van der Waals surface area contributed by atoms with E-state index in [1.54, 1.807) is 0 Å². The predicted octanol–water partition coefficient (Wildman–Crippen LogP) is 4.03. The Bertz CT molecular complexity index is 551. The van der Waals surface area contributed by atoms with Gasteiger partial charge in [-0.2, -0.15) is 0 Å². The second-order valence-electron chi connectivity index (χ2n) is 5.25. The fourth-order valence-electron chi connectivity index (χ4n) is 2.40. The normalized spacial score (nSPS) is 13.8. The molecule has 2 aromatic rings.